The van der Waals surface area contributed by atoms with Gasteiger partial charge in [0.1, 0.15) is 24.5 Å². The monoisotopic (exact) mass is 194 g/mol. The van der Waals surface area contributed by atoms with E-state index in [4.69, 9.17) is 21.7 Å². The SMILES string of the molecule is NC(O)[C@H]1OC(O)[C@H](N)[C@@H](O)[C@@H]1O. The Kier molecular flexibility index (Phi) is 3.19. The third-order valence-electron chi connectivity index (χ3n) is 2.04. The summed E-state index contributed by atoms with van der Waals surface area (Å²) in [6.45, 7) is 0. The predicted molar refractivity (Wildman–Crippen MR) is 41.1 cm³/mol. The first kappa shape index (κ1) is 10.8. The van der Waals surface area contributed by atoms with E-state index < -0.39 is 36.9 Å². The van der Waals surface area contributed by atoms with Crippen LogP contribution in [0.2, 0.25) is 0 Å². The number of hydrogen-bond donors (Lipinski definition) is 6. The third kappa shape index (κ3) is 1.97. The molecule has 1 aliphatic rings. The van der Waals surface area contributed by atoms with Crippen molar-refractivity contribution in [2.75, 3.05) is 0 Å². The highest BCUT2D eigenvalue weighted by Crippen LogP contribution is 2.19. The normalized spacial score (nSPS) is 48.9. The molecule has 0 aromatic carbocycles. The molecule has 8 N–H and O–H groups in total. The van der Waals surface area contributed by atoms with Gasteiger partial charge in [-0.3, -0.25) is 0 Å². The first-order valence-corrected chi connectivity index (χ1v) is 3.84. The maximum atomic E-state index is 9.29. The summed E-state index contributed by atoms with van der Waals surface area (Å²) in [6, 6.07) is -1.11. The van der Waals surface area contributed by atoms with Crippen LogP contribution in [0.1, 0.15) is 0 Å². The van der Waals surface area contributed by atoms with Gasteiger partial charge in [0, 0.05) is 0 Å². The molecule has 1 fully saturated rings. The van der Waals surface area contributed by atoms with Crippen LogP contribution in [-0.2, 0) is 4.74 Å². The van der Waals surface area contributed by atoms with Gasteiger partial charge in [-0.05, 0) is 0 Å². The van der Waals surface area contributed by atoms with E-state index in [1.165, 1.54) is 0 Å². The Hall–Kier alpha value is -0.280. The molecule has 78 valence electrons. The predicted octanol–water partition coefficient (Wildman–Crippen LogP) is -3.97. The van der Waals surface area contributed by atoms with Gasteiger partial charge < -0.3 is 36.6 Å². The van der Waals surface area contributed by atoms with E-state index in [1.807, 2.05) is 0 Å². The zero-order chi connectivity index (χ0) is 10.2. The second-order valence-electron chi connectivity index (χ2n) is 3.04. The van der Waals surface area contributed by atoms with Crippen LogP contribution in [0.15, 0.2) is 0 Å². The van der Waals surface area contributed by atoms with Crippen LogP contribution in [0, 0.1) is 0 Å². The fraction of sp³-hybridized carbons (Fsp3) is 1.00. The van der Waals surface area contributed by atoms with Gasteiger partial charge in [-0.25, -0.2) is 0 Å². The molecule has 0 radical (unpaired) electrons. The van der Waals surface area contributed by atoms with Crippen LogP contribution in [0.25, 0.3) is 0 Å². The highest BCUT2D eigenvalue weighted by molar-refractivity contribution is 4.92. The lowest BCUT2D eigenvalue weighted by atomic mass is 9.97. The number of hydrogen-bond acceptors (Lipinski definition) is 7. The minimum Gasteiger partial charge on any atom is -0.388 e. The number of aliphatic hydroxyl groups is 4. The van der Waals surface area contributed by atoms with Crippen LogP contribution in [0.5, 0.6) is 0 Å². The quantitative estimate of drug-likeness (QED) is 0.234. The molecule has 1 aliphatic heterocycles. The molecule has 7 nitrogen and oxygen atoms in total. The lowest BCUT2D eigenvalue weighted by molar-refractivity contribution is -0.261. The summed E-state index contributed by atoms with van der Waals surface area (Å²) in [5.41, 5.74) is 10.3. The van der Waals surface area contributed by atoms with Gasteiger partial charge in [0.25, 0.3) is 0 Å². The fourth-order valence-electron chi connectivity index (χ4n) is 1.21. The maximum Gasteiger partial charge on any atom is 0.173 e. The zero-order valence-corrected chi connectivity index (χ0v) is 6.82. The zero-order valence-electron chi connectivity index (χ0n) is 6.82. The molecule has 13 heavy (non-hydrogen) atoms. The van der Waals surface area contributed by atoms with Gasteiger partial charge in [-0.15, -0.1) is 0 Å². The van der Waals surface area contributed by atoms with E-state index >= 15 is 0 Å². The van der Waals surface area contributed by atoms with E-state index in [2.05, 4.69) is 4.74 Å². The summed E-state index contributed by atoms with van der Waals surface area (Å²) >= 11 is 0. The largest absolute Gasteiger partial charge is 0.388 e. The molecular weight excluding hydrogens is 180 g/mol. The van der Waals surface area contributed by atoms with Crippen LogP contribution in [-0.4, -0.2) is 57.3 Å². The standard InChI is InChI=1S/C6H14N2O5/c7-1-2(9)3(10)4(5(8)11)13-6(1)12/h1-6,9-12H,7-8H2/t1-,2-,3+,4+,5?,6?/m1/s1. The van der Waals surface area contributed by atoms with Crippen molar-refractivity contribution in [2.45, 2.75) is 36.9 Å². The van der Waals surface area contributed by atoms with Gasteiger partial charge in [0.2, 0.25) is 0 Å². The van der Waals surface area contributed by atoms with Crippen molar-refractivity contribution in [1.82, 2.24) is 0 Å². The molecule has 1 saturated heterocycles. The molecule has 1 rings (SSSR count). The van der Waals surface area contributed by atoms with Gasteiger partial charge in [-0.1, -0.05) is 0 Å². The number of ether oxygens (including phenoxy) is 1. The molecule has 0 bridgehead atoms. The highest BCUT2D eigenvalue weighted by atomic mass is 16.6. The number of aliphatic hydroxyl groups excluding tert-OH is 4. The fourth-order valence-corrected chi connectivity index (χ4v) is 1.21. The Bertz CT molecular complexity index is 178. The Balaban J connectivity index is 2.70. The molecule has 0 aromatic rings. The Morgan fingerprint density at radius 2 is 1.69 bits per heavy atom. The molecule has 2 unspecified atom stereocenters. The summed E-state index contributed by atoms with van der Waals surface area (Å²) in [5, 5.41) is 36.5. The molecular formula is C6H14N2O5. The molecule has 0 aromatic heterocycles. The molecule has 6 atom stereocenters. The summed E-state index contributed by atoms with van der Waals surface area (Å²) in [6.07, 6.45) is -6.93. The summed E-state index contributed by atoms with van der Waals surface area (Å²) in [7, 11) is 0. The van der Waals surface area contributed by atoms with Crippen molar-refractivity contribution in [3.05, 3.63) is 0 Å². The first-order valence-electron chi connectivity index (χ1n) is 3.84. The van der Waals surface area contributed by atoms with Crippen molar-refractivity contribution < 1.29 is 25.2 Å². The van der Waals surface area contributed by atoms with E-state index in [0.717, 1.165) is 0 Å². The molecule has 0 aliphatic carbocycles. The average Bonchev–Trinajstić information content (AvgIpc) is 2.07. The highest BCUT2D eigenvalue weighted by Gasteiger charge is 2.43. The van der Waals surface area contributed by atoms with Crippen molar-refractivity contribution >= 4 is 0 Å². The van der Waals surface area contributed by atoms with Crippen LogP contribution >= 0.6 is 0 Å². The van der Waals surface area contributed by atoms with Gasteiger partial charge >= 0.3 is 0 Å². The van der Waals surface area contributed by atoms with Crippen molar-refractivity contribution in [3.63, 3.8) is 0 Å². The van der Waals surface area contributed by atoms with Crippen LogP contribution < -0.4 is 11.5 Å². The second-order valence-corrected chi connectivity index (χ2v) is 3.04. The van der Waals surface area contributed by atoms with Crippen molar-refractivity contribution in [2.24, 2.45) is 11.5 Å². The minimum atomic E-state index is -1.48. The topological polar surface area (TPSA) is 142 Å². The van der Waals surface area contributed by atoms with E-state index in [9.17, 15) is 10.2 Å². The van der Waals surface area contributed by atoms with Gasteiger partial charge in [-0.2, -0.15) is 0 Å². The summed E-state index contributed by atoms with van der Waals surface area (Å²) in [4.78, 5) is 0. The lowest BCUT2D eigenvalue weighted by Gasteiger charge is -2.39. The van der Waals surface area contributed by atoms with E-state index in [0.29, 0.717) is 0 Å². The van der Waals surface area contributed by atoms with Gasteiger partial charge in [0.15, 0.2) is 6.29 Å². The van der Waals surface area contributed by atoms with Crippen LogP contribution in [0.4, 0.5) is 0 Å². The van der Waals surface area contributed by atoms with E-state index in [1.54, 1.807) is 0 Å². The maximum absolute atomic E-state index is 9.29. The summed E-state index contributed by atoms with van der Waals surface area (Å²) in [5.74, 6) is 0. The van der Waals surface area contributed by atoms with Crippen LogP contribution in [0.3, 0.4) is 0 Å². The molecule has 0 spiro atoms. The lowest BCUT2D eigenvalue weighted by Crippen LogP contribution is -2.64. The number of nitrogens with two attached hydrogens (primary N) is 2. The van der Waals surface area contributed by atoms with Crippen molar-refractivity contribution in [3.8, 4) is 0 Å². The molecule has 1 heterocycles. The molecule has 7 heteroatoms. The Morgan fingerprint density at radius 1 is 1.15 bits per heavy atom. The van der Waals surface area contributed by atoms with Gasteiger partial charge in [0.05, 0.1) is 6.04 Å². The van der Waals surface area contributed by atoms with Crippen molar-refractivity contribution in [1.29, 1.82) is 0 Å². The number of rotatable bonds is 1. The smallest absolute Gasteiger partial charge is 0.173 e. The first-order chi connectivity index (χ1) is 5.95. The second kappa shape index (κ2) is 3.84. The molecule has 0 amide bonds. The Labute approximate surface area is 74.5 Å². The molecule has 0 saturated carbocycles. The third-order valence-corrected chi connectivity index (χ3v) is 2.04. The average molecular weight is 194 g/mol. The summed E-state index contributed by atoms with van der Waals surface area (Å²) < 4.78 is 4.69. The minimum absolute atomic E-state index is 1.11. The van der Waals surface area contributed by atoms with E-state index in [-0.39, 0.29) is 0 Å². The Morgan fingerprint density at radius 3 is 2.15 bits per heavy atom.